The first-order chi connectivity index (χ1) is 16.1. The summed E-state index contributed by atoms with van der Waals surface area (Å²) in [5.41, 5.74) is 4.99. The van der Waals surface area contributed by atoms with Gasteiger partial charge in [-0.25, -0.2) is 0 Å². The molecule has 11 heteroatoms. The van der Waals surface area contributed by atoms with Gasteiger partial charge in [0.15, 0.2) is 0 Å². The van der Waals surface area contributed by atoms with Gasteiger partial charge < -0.3 is 15.5 Å². The molecule has 172 valence electrons. The van der Waals surface area contributed by atoms with Gasteiger partial charge in [-0.3, -0.25) is 19.7 Å². The molecule has 1 amide bonds. The van der Waals surface area contributed by atoms with Gasteiger partial charge in [0.1, 0.15) is 5.69 Å². The molecule has 0 aliphatic rings. The highest BCUT2D eigenvalue weighted by Gasteiger charge is 2.31. The maximum absolute atomic E-state index is 13.2. The van der Waals surface area contributed by atoms with Crippen LogP contribution in [0.2, 0.25) is 0 Å². The van der Waals surface area contributed by atoms with Crippen molar-refractivity contribution in [2.24, 2.45) is 0 Å². The van der Waals surface area contributed by atoms with Crippen LogP contribution < -0.4 is 11.1 Å². The summed E-state index contributed by atoms with van der Waals surface area (Å²) in [4.78, 5) is 36.5. The van der Waals surface area contributed by atoms with Crippen molar-refractivity contribution in [1.29, 1.82) is 0 Å². The number of carbonyl (C=O) groups excluding carboxylic acids is 2. The molecule has 0 saturated carbocycles. The van der Waals surface area contributed by atoms with Gasteiger partial charge >= 0.3 is 6.18 Å². The third kappa shape index (κ3) is 4.06. The van der Waals surface area contributed by atoms with E-state index in [1.807, 2.05) is 0 Å². The number of halogens is 3. The molecule has 0 radical (unpaired) electrons. The largest absolute Gasteiger partial charge is 0.416 e. The van der Waals surface area contributed by atoms with Gasteiger partial charge in [0.25, 0.3) is 11.6 Å². The SMILES string of the molecule is Nc1c(C(=O)Nc2cccc(C(F)(F)F)c2)c2ccccn2c1C(=O)c1ccc([N+](=O)[O-])cc1. The zero-order chi connectivity index (χ0) is 24.6. The number of non-ortho nitro benzene ring substituents is 1. The Morgan fingerprint density at radius 3 is 2.35 bits per heavy atom. The van der Waals surface area contributed by atoms with Crippen LogP contribution in [0.3, 0.4) is 0 Å². The highest BCUT2D eigenvalue weighted by molar-refractivity contribution is 6.20. The Hall–Kier alpha value is -4.67. The molecule has 4 aromatic rings. The van der Waals surface area contributed by atoms with Gasteiger partial charge in [0.2, 0.25) is 5.78 Å². The van der Waals surface area contributed by atoms with E-state index in [9.17, 15) is 32.9 Å². The molecular weight excluding hydrogens is 453 g/mol. The first-order valence-electron chi connectivity index (χ1n) is 9.74. The third-order valence-electron chi connectivity index (χ3n) is 5.11. The summed E-state index contributed by atoms with van der Waals surface area (Å²) in [7, 11) is 0. The van der Waals surface area contributed by atoms with Gasteiger partial charge in [-0.2, -0.15) is 13.2 Å². The Morgan fingerprint density at radius 1 is 1.00 bits per heavy atom. The molecule has 8 nitrogen and oxygen atoms in total. The van der Waals surface area contributed by atoms with Gasteiger partial charge in [0.05, 0.1) is 27.3 Å². The number of ketones is 1. The molecule has 0 fully saturated rings. The van der Waals surface area contributed by atoms with Crippen molar-refractivity contribution in [2.75, 3.05) is 11.1 Å². The summed E-state index contributed by atoms with van der Waals surface area (Å²) >= 11 is 0. The number of alkyl halides is 3. The molecule has 0 unspecified atom stereocenters. The molecule has 3 N–H and O–H groups in total. The number of nitrogens with one attached hydrogen (secondary N) is 1. The Labute approximate surface area is 189 Å². The maximum Gasteiger partial charge on any atom is 0.416 e. The number of nitrogen functional groups attached to an aromatic ring is 1. The van der Waals surface area contributed by atoms with Crippen molar-refractivity contribution in [3.8, 4) is 0 Å². The summed E-state index contributed by atoms with van der Waals surface area (Å²) in [6.07, 6.45) is -3.08. The van der Waals surface area contributed by atoms with Crippen LogP contribution >= 0.6 is 0 Å². The van der Waals surface area contributed by atoms with Crippen LogP contribution in [0.1, 0.15) is 32.0 Å². The molecule has 2 aromatic heterocycles. The molecule has 2 heterocycles. The molecule has 4 rings (SSSR count). The fourth-order valence-electron chi connectivity index (χ4n) is 3.54. The van der Waals surface area contributed by atoms with Crippen LogP contribution in [0, 0.1) is 10.1 Å². The lowest BCUT2D eigenvalue weighted by molar-refractivity contribution is -0.384. The molecule has 0 spiro atoms. The van der Waals surface area contributed by atoms with Crippen LogP contribution in [-0.4, -0.2) is 21.0 Å². The van der Waals surface area contributed by atoms with Crippen molar-refractivity contribution < 1.29 is 27.7 Å². The summed E-state index contributed by atoms with van der Waals surface area (Å²) in [6.45, 7) is 0. The van der Waals surface area contributed by atoms with Gasteiger partial charge in [-0.15, -0.1) is 0 Å². The fraction of sp³-hybridized carbons (Fsp3) is 0.0435. The highest BCUT2D eigenvalue weighted by Crippen LogP contribution is 2.32. The van der Waals surface area contributed by atoms with Crippen molar-refractivity contribution >= 4 is 34.3 Å². The number of pyridine rings is 1. The predicted octanol–water partition coefficient (Wildman–Crippen LogP) is 4.93. The number of hydrogen-bond acceptors (Lipinski definition) is 5. The number of amides is 1. The quantitative estimate of drug-likeness (QED) is 0.244. The average molecular weight is 468 g/mol. The summed E-state index contributed by atoms with van der Waals surface area (Å²) in [6, 6.07) is 13.7. The Balaban J connectivity index is 1.75. The zero-order valence-corrected chi connectivity index (χ0v) is 17.2. The van der Waals surface area contributed by atoms with Gasteiger partial charge in [0, 0.05) is 29.6 Å². The third-order valence-corrected chi connectivity index (χ3v) is 5.11. The highest BCUT2D eigenvalue weighted by atomic mass is 19.4. The Kier molecular flexibility index (Phi) is 5.53. The number of benzene rings is 2. The second-order valence-corrected chi connectivity index (χ2v) is 7.26. The number of hydrogen-bond donors (Lipinski definition) is 2. The smallest absolute Gasteiger partial charge is 0.396 e. The Morgan fingerprint density at radius 2 is 1.71 bits per heavy atom. The van der Waals surface area contributed by atoms with Crippen LogP contribution in [0.5, 0.6) is 0 Å². The van der Waals surface area contributed by atoms with Crippen molar-refractivity contribution in [2.45, 2.75) is 6.18 Å². The van der Waals surface area contributed by atoms with Crippen molar-refractivity contribution in [3.63, 3.8) is 0 Å². The number of nitrogens with zero attached hydrogens (tertiary/aromatic N) is 2. The molecule has 0 bridgehead atoms. The molecule has 34 heavy (non-hydrogen) atoms. The van der Waals surface area contributed by atoms with Gasteiger partial charge in [-0.05, 0) is 42.5 Å². The van der Waals surface area contributed by atoms with E-state index in [1.165, 1.54) is 47.0 Å². The normalized spacial score (nSPS) is 11.4. The number of anilines is 2. The van der Waals surface area contributed by atoms with Crippen molar-refractivity contribution in [3.05, 3.63) is 105 Å². The first-order valence-corrected chi connectivity index (χ1v) is 9.74. The minimum atomic E-state index is -4.59. The van der Waals surface area contributed by atoms with E-state index < -0.39 is 28.4 Å². The van der Waals surface area contributed by atoms with E-state index in [0.717, 1.165) is 18.2 Å². The molecule has 0 saturated heterocycles. The average Bonchev–Trinajstić information content (AvgIpc) is 3.10. The molecule has 0 atom stereocenters. The fourth-order valence-corrected chi connectivity index (χ4v) is 3.54. The standard InChI is InChI=1S/C23H15F3N4O4/c24-23(25,26)14-4-3-5-15(12-14)28-22(32)18-17-6-1-2-11-29(17)20(19(18)27)21(31)13-7-9-16(10-8-13)30(33)34/h1-12H,27H2,(H,28,32). The zero-order valence-electron chi connectivity index (χ0n) is 17.2. The number of nitrogens with two attached hydrogens (primary N) is 1. The van der Waals surface area contributed by atoms with Crippen LogP contribution in [-0.2, 0) is 6.18 Å². The van der Waals surface area contributed by atoms with E-state index in [4.69, 9.17) is 5.73 Å². The molecule has 2 aromatic carbocycles. The topological polar surface area (TPSA) is 120 Å². The summed E-state index contributed by atoms with van der Waals surface area (Å²) in [5.74, 6) is -1.39. The van der Waals surface area contributed by atoms with Crippen LogP contribution in [0.4, 0.5) is 30.2 Å². The van der Waals surface area contributed by atoms with Gasteiger partial charge in [-0.1, -0.05) is 12.1 Å². The minimum absolute atomic E-state index is 0.0568. The Bertz CT molecular complexity index is 1440. The lowest BCUT2D eigenvalue weighted by Gasteiger charge is -2.10. The van der Waals surface area contributed by atoms with E-state index in [1.54, 1.807) is 12.1 Å². The second-order valence-electron chi connectivity index (χ2n) is 7.26. The lowest BCUT2D eigenvalue weighted by atomic mass is 10.1. The van der Waals surface area contributed by atoms with Crippen LogP contribution in [0.15, 0.2) is 72.9 Å². The van der Waals surface area contributed by atoms with E-state index in [2.05, 4.69) is 5.32 Å². The number of nitro benzene ring substituents is 1. The maximum atomic E-state index is 13.2. The van der Waals surface area contributed by atoms with E-state index in [-0.39, 0.29) is 39.4 Å². The number of carbonyl (C=O) groups is 2. The number of aromatic nitrogens is 1. The van der Waals surface area contributed by atoms with E-state index in [0.29, 0.717) is 0 Å². The monoisotopic (exact) mass is 468 g/mol. The molecular formula is C23H15F3N4O4. The second kappa shape index (κ2) is 8.35. The van der Waals surface area contributed by atoms with Crippen molar-refractivity contribution in [1.82, 2.24) is 4.40 Å². The van der Waals surface area contributed by atoms with E-state index >= 15 is 0 Å². The molecule has 0 aliphatic carbocycles. The first kappa shape index (κ1) is 22.5. The minimum Gasteiger partial charge on any atom is -0.396 e. The summed E-state index contributed by atoms with van der Waals surface area (Å²) < 4.78 is 40.4. The number of rotatable bonds is 5. The van der Waals surface area contributed by atoms with Crippen LogP contribution in [0.25, 0.3) is 5.52 Å². The summed E-state index contributed by atoms with van der Waals surface area (Å²) in [5, 5.41) is 13.3. The lowest BCUT2D eigenvalue weighted by Crippen LogP contribution is -2.15. The molecule has 0 aliphatic heterocycles. The predicted molar refractivity (Wildman–Crippen MR) is 118 cm³/mol. The number of nitro groups is 1. The number of fused-ring (bicyclic) bond motifs is 1.